The zero-order valence-electron chi connectivity index (χ0n) is 16.4. The molecular weight excluding hydrogens is 352 g/mol. The van der Waals surface area contributed by atoms with Crippen LogP contribution in [0.2, 0.25) is 0 Å². The fourth-order valence-electron chi connectivity index (χ4n) is 2.80. The average molecular weight is 376 g/mol. The summed E-state index contributed by atoms with van der Waals surface area (Å²) in [6, 6.07) is 4.52. The van der Waals surface area contributed by atoms with Crippen molar-refractivity contribution in [1.82, 2.24) is 0 Å². The van der Waals surface area contributed by atoms with E-state index >= 15 is 0 Å². The molecule has 0 saturated heterocycles. The van der Waals surface area contributed by atoms with E-state index < -0.39 is 22.9 Å². The number of fused-ring (bicyclic) bond motifs is 1. The molecule has 0 fully saturated rings. The SMILES string of the molecule is COC(=O)C(CC(=O)C(C)(C)C)c1cc(=O)oc2c(OC)c(OC)ccc12. The third-order valence-corrected chi connectivity index (χ3v) is 4.37. The summed E-state index contributed by atoms with van der Waals surface area (Å²) >= 11 is 0. The van der Waals surface area contributed by atoms with Gasteiger partial charge in [0.1, 0.15) is 5.78 Å². The maximum Gasteiger partial charge on any atom is 0.336 e. The van der Waals surface area contributed by atoms with Gasteiger partial charge >= 0.3 is 11.6 Å². The maximum absolute atomic E-state index is 12.6. The van der Waals surface area contributed by atoms with Gasteiger partial charge in [-0.3, -0.25) is 9.59 Å². The van der Waals surface area contributed by atoms with Crippen LogP contribution in [0.15, 0.2) is 27.4 Å². The van der Waals surface area contributed by atoms with E-state index in [4.69, 9.17) is 18.6 Å². The monoisotopic (exact) mass is 376 g/mol. The van der Waals surface area contributed by atoms with E-state index in [9.17, 15) is 14.4 Å². The van der Waals surface area contributed by atoms with Gasteiger partial charge in [0.2, 0.25) is 5.75 Å². The number of hydrogen-bond acceptors (Lipinski definition) is 7. The molecule has 0 radical (unpaired) electrons. The molecule has 0 N–H and O–H groups in total. The van der Waals surface area contributed by atoms with Gasteiger partial charge in [-0.2, -0.15) is 0 Å². The van der Waals surface area contributed by atoms with Gasteiger partial charge in [-0.1, -0.05) is 20.8 Å². The highest BCUT2D eigenvalue weighted by Gasteiger charge is 2.32. The number of methoxy groups -OCH3 is 3. The lowest BCUT2D eigenvalue weighted by Crippen LogP contribution is -2.26. The standard InChI is InChI=1S/C20H24O7/c1-20(2,3)15(21)9-13(19(23)26-6)12-10-16(22)27-17-11(12)7-8-14(24-4)18(17)25-5/h7-8,10,13H,9H2,1-6H3. The van der Waals surface area contributed by atoms with Gasteiger partial charge in [0.15, 0.2) is 11.3 Å². The van der Waals surface area contributed by atoms with Gasteiger partial charge in [-0.15, -0.1) is 0 Å². The van der Waals surface area contributed by atoms with Crippen molar-refractivity contribution >= 4 is 22.7 Å². The normalized spacial score (nSPS) is 12.5. The summed E-state index contributed by atoms with van der Waals surface area (Å²) in [6.07, 6.45) is -0.0942. The molecular formula is C20H24O7. The summed E-state index contributed by atoms with van der Waals surface area (Å²) in [6.45, 7) is 5.32. The molecule has 1 unspecified atom stereocenters. The number of esters is 1. The lowest BCUT2D eigenvalue weighted by atomic mass is 9.82. The van der Waals surface area contributed by atoms with Gasteiger partial charge in [-0.25, -0.2) is 4.79 Å². The number of hydrogen-bond donors (Lipinski definition) is 0. The Hall–Kier alpha value is -2.83. The number of benzene rings is 1. The highest BCUT2D eigenvalue weighted by atomic mass is 16.5. The molecule has 0 amide bonds. The van der Waals surface area contributed by atoms with Crippen molar-refractivity contribution in [1.29, 1.82) is 0 Å². The van der Waals surface area contributed by atoms with Crippen LogP contribution in [0.25, 0.3) is 11.0 Å². The summed E-state index contributed by atoms with van der Waals surface area (Å²) in [5, 5.41) is 0.476. The Kier molecular flexibility index (Phi) is 5.93. The molecule has 1 atom stereocenters. The van der Waals surface area contributed by atoms with Gasteiger partial charge in [0, 0.05) is 23.3 Å². The Balaban J connectivity index is 2.74. The van der Waals surface area contributed by atoms with Gasteiger partial charge in [-0.05, 0) is 17.7 Å². The zero-order valence-corrected chi connectivity index (χ0v) is 16.4. The number of ether oxygens (including phenoxy) is 3. The second-order valence-corrected chi connectivity index (χ2v) is 7.15. The lowest BCUT2D eigenvalue weighted by Gasteiger charge is -2.22. The second-order valence-electron chi connectivity index (χ2n) is 7.15. The van der Waals surface area contributed by atoms with Crippen LogP contribution in [-0.4, -0.2) is 33.1 Å². The fourth-order valence-corrected chi connectivity index (χ4v) is 2.80. The zero-order chi connectivity index (χ0) is 20.4. The Morgan fingerprint density at radius 3 is 2.30 bits per heavy atom. The molecule has 146 valence electrons. The summed E-state index contributed by atoms with van der Waals surface area (Å²) in [5.74, 6) is -1.05. The van der Waals surface area contributed by atoms with Crippen LogP contribution in [0.1, 0.15) is 38.7 Å². The Labute approximate surface area is 157 Å². The average Bonchev–Trinajstić information content (AvgIpc) is 2.62. The van der Waals surface area contributed by atoms with Crippen molar-refractivity contribution in [2.45, 2.75) is 33.1 Å². The van der Waals surface area contributed by atoms with E-state index in [0.717, 1.165) is 0 Å². The summed E-state index contributed by atoms with van der Waals surface area (Å²) in [7, 11) is 4.13. The Morgan fingerprint density at radius 1 is 1.11 bits per heavy atom. The molecule has 2 rings (SSSR count). The fraction of sp³-hybridized carbons (Fsp3) is 0.450. The largest absolute Gasteiger partial charge is 0.493 e. The van der Waals surface area contributed by atoms with Gasteiger partial charge in [0.05, 0.1) is 27.2 Å². The van der Waals surface area contributed by atoms with Crippen molar-refractivity contribution in [2.75, 3.05) is 21.3 Å². The summed E-state index contributed by atoms with van der Waals surface area (Å²) < 4.78 is 20.7. The molecule has 0 spiro atoms. The van der Waals surface area contributed by atoms with Crippen LogP contribution >= 0.6 is 0 Å². The van der Waals surface area contributed by atoms with Crippen molar-refractivity contribution in [3.05, 3.63) is 34.2 Å². The van der Waals surface area contributed by atoms with Gasteiger partial charge < -0.3 is 18.6 Å². The first kappa shape index (κ1) is 20.5. The molecule has 27 heavy (non-hydrogen) atoms. The van der Waals surface area contributed by atoms with Crippen molar-refractivity contribution in [2.24, 2.45) is 5.41 Å². The van der Waals surface area contributed by atoms with Crippen LogP contribution in [0, 0.1) is 5.41 Å². The molecule has 1 aromatic carbocycles. The molecule has 1 aromatic heterocycles. The molecule has 2 aromatic rings. The minimum atomic E-state index is -0.938. The Bertz CT molecular complexity index is 918. The van der Waals surface area contributed by atoms with Crippen molar-refractivity contribution in [3.8, 4) is 11.5 Å². The molecule has 0 saturated carbocycles. The highest BCUT2D eigenvalue weighted by molar-refractivity contribution is 5.95. The molecule has 1 heterocycles. The number of ketones is 1. The maximum atomic E-state index is 12.6. The van der Waals surface area contributed by atoms with Crippen molar-refractivity contribution in [3.63, 3.8) is 0 Å². The smallest absolute Gasteiger partial charge is 0.336 e. The van der Waals surface area contributed by atoms with E-state index in [-0.39, 0.29) is 23.5 Å². The van der Waals surface area contributed by atoms with E-state index in [1.54, 1.807) is 32.9 Å². The number of carbonyl (C=O) groups is 2. The van der Waals surface area contributed by atoms with E-state index in [1.807, 2.05) is 0 Å². The molecule has 0 aliphatic rings. The number of rotatable bonds is 6. The lowest BCUT2D eigenvalue weighted by molar-refractivity contribution is -0.144. The molecule has 0 bridgehead atoms. The third-order valence-electron chi connectivity index (χ3n) is 4.37. The van der Waals surface area contributed by atoms with E-state index in [0.29, 0.717) is 16.7 Å². The van der Waals surface area contributed by atoms with Crippen LogP contribution in [0.4, 0.5) is 0 Å². The minimum Gasteiger partial charge on any atom is -0.493 e. The highest BCUT2D eigenvalue weighted by Crippen LogP contribution is 2.39. The van der Waals surface area contributed by atoms with Gasteiger partial charge in [0.25, 0.3) is 0 Å². The summed E-state index contributed by atoms with van der Waals surface area (Å²) in [5.41, 5.74) is -0.799. The van der Waals surface area contributed by atoms with Crippen LogP contribution < -0.4 is 15.1 Å². The predicted octanol–water partition coefficient (Wildman–Crippen LogP) is 3.07. The number of carbonyl (C=O) groups excluding carboxylic acids is 2. The first-order chi connectivity index (χ1) is 12.6. The first-order valence-electron chi connectivity index (χ1n) is 8.43. The molecule has 0 aliphatic carbocycles. The first-order valence-corrected chi connectivity index (χ1v) is 8.43. The van der Waals surface area contributed by atoms with Crippen LogP contribution in [0.3, 0.4) is 0 Å². The Morgan fingerprint density at radius 2 is 1.78 bits per heavy atom. The van der Waals surface area contributed by atoms with Crippen molar-refractivity contribution < 1.29 is 28.2 Å². The number of Topliss-reactive ketones (excluding diaryl/α,β-unsaturated/α-hetero) is 1. The molecule has 7 heteroatoms. The molecule has 0 aliphatic heterocycles. The predicted molar refractivity (Wildman–Crippen MR) is 99.4 cm³/mol. The van der Waals surface area contributed by atoms with Crippen LogP contribution in [-0.2, 0) is 14.3 Å². The topological polar surface area (TPSA) is 92.0 Å². The summed E-state index contributed by atoms with van der Waals surface area (Å²) in [4.78, 5) is 37.2. The molecule has 7 nitrogen and oxygen atoms in total. The van der Waals surface area contributed by atoms with E-state index in [2.05, 4.69) is 0 Å². The third kappa shape index (κ3) is 4.13. The quantitative estimate of drug-likeness (QED) is 0.565. The second kappa shape index (κ2) is 7.82. The van der Waals surface area contributed by atoms with E-state index in [1.165, 1.54) is 27.4 Å². The minimum absolute atomic E-state index is 0.0942. The van der Waals surface area contributed by atoms with Crippen LogP contribution in [0.5, 0.6) is 11.5 Å².